The van der Waals surface area contributed by atoms with E-state index in [-0.39, 0.29) is 0 Å². The molecular formula is C71H47N3. The standard InChI is InChI=1S/C71H47N3/c1-4-20-51(21-5-1)71(52-22-6-2-7-23-52)64-33-14-10-28-59(64)60-43-42-57(47-65(60)71)72(54-26-18-27-55(46-54)74-66-34-15-11-29-61(66)62-30-12-16-35-67(62)74)56-41-40-48-44-50(39-38-49(48)45-56)58-32-19-37-69-70(58)63-31-13-17-36-68(63)73(69)53-24-8-3-9-25-53/h1-47H. The van der Waals surface area contributed by atoms with E-state index in [2.05, 4.69) is 299 Å². The summed E-state index contributed by atoms with van der Waals surface area (Å²) in [4.78, 5) is 2.47. The summed E-state index contributed by atoms with van der Waals surface area (Å²) in [5.74, 6) is 0. The van der Waals surface area contributed by atoms with Crippen LogP contribution in [0, 0.1) is 0 Å². The van der Waals surface area contributed by atoms with Gasteiger partial charge in [0.1, 0.15) is 0 Å². The van der Waals surface area contributed by atoms with Crippen molar-refractivity contribution < 1.29 is 0 Å². The molecule has 0 radical (unpaired) electrons. The van der Waals surface area contributed by atoms with E-state index in [9.17, 15) is 0 Å². The Kier molecular flexibility index (Phi) is 9.48. The summed E-state index contributed by atoms with van der Waals surface area (Å²) in [5.41, 5.74) is 19.7. The first-order valence-electron chi connectivity index (χ1n) is 25.6. The number of nitrogens with zero attached hydrogens (tertiary/aromatic N) is 3. The van der Waals surface area contributed by atoms with Crippen molar-refractivity contribution in [3.8, 4) is 33.6 Å². The fraction of sp³-hybridized carbons (Fsp3) is 0.0141. The van der Waals surface area contributed by atoms with Gasteiger partial charge in [0.15, 0.2) is 0 Å². The zero-order valence-electron chi connectivity index (χ0n) is 40.5. The molecule has 0 atom stereocenters. The molecule has 0 spiro atoms. The first-order chi connectivity index (χ1) is 36.7. The van der Waals surface area contributed by atoms with E-state index in [4.69, 9.17) is 0 Å². The Morgan fingerprint density at radius 3 is 1.50 bits per heavy atom. The molecule has 0 aliphatic heterocycles. The van der Waals surface area contributed by atoms with E-state index >= 15 is 0 Å². The Morgan fingerprint density at radius 2 is 0.770 bits per heavy atom. The number of hydrogen-bond donors (Lipinski definition) is 0. The quantitative estimate of drug-likeness (QED) is 0.148. The largest absolute Gasteiger partial charge is 0.310 e. The highest BCUT2D eigenvalue weighted by molar-refractivity contribution is 6.16. The highest BCUT2D eigenvalue weighted by atomic mass is 15.1. The van der Waals surface area contributed by atoms with E-state index in [1.807, 2.05) is 0 Å². The molecule has 15 rings (SSSR count). The highest BCUT2D eigenvalue weighted by Gasteiger charge is 2.46. The van der Waals surface area contributed by atoms with Crippen LogP contribution in [0.2, 0.25) is 0 Å². The fourth-order valence-electron chi connectivity index (χ4n) is 12.6. The number of para-hydroxylation sites is 4. The van der Waals surface area contributed by atoms with Crippen LogP contribution >= 0.6 is 0 Å². The van der Waals surface area contributed by atoms with E-state index in [0.29, 0.717) is 0 Å². The number of anilines is 3. The molecule has 12 aromatic carbocycles. The third-order valence-corrected chi connectivity index (χ3v) is 15.7. The van der Waals surface area contributed by atoms with Crippen molar-refractivity contribution >= 4 is 71.4 Å². The Hall–Kier alpha value is -9.70. The lowest BCUT2D eigenvalue weighted by Crippen LogP contribution is -2.28. The predicted octanol–water partition coefficient (Wildman–Crippen LogP) is 18.5. The monoisotopic (exact) mass is 941 g/mol. The molecule has 3 nitrogen and oxygen atoms in total. The van der Waals surface area contributed by atoms with Gasteiger partial charge < -0.3 is 14.0 Å². The van der Waals surface area contributed by atoms with Gasteiger partial charge in [-0.15, -0.1) is 0 Å². The minimum absolute atomic E-state index is 0.545. The maximum Gasteiger partial charge on any atom is 0.0714 e. The van der Waals surface area contributed by atoms with Crippen molar-refractivity contribution in [2.24, 2.45) is 0 Å². The molecule has 0 unspecified atom stereocenters. The lowest BCUT2D eigenvalue weighted by Gasteiger charge is -2.35. The average molecular weight is 942 g/mol. The first-order valence-corrected chi connectivity index (χ1v) is 25.6. The maximum atomic E-state index is 2.47. The SMILES string of the molecule is c1ccc(-n2c3ccccc3c3c(-c4ccc5cc(N(c6cccc(-n7c8ccccc8c8ccccc87)c6)c6ccc7c(c6)C(c6ccccc6)(c6ccccc6)c6ccccc6-7)ccc5c4)cccc32)cc1. The molecule has 0 fully saturated rings. The fourth-order valence-corrected chi connectivity index (χ4v) is 12.6. The lowest BCUT2D eigenvalue weighted by molar-refractivity contribution is 0.768. The summed E-state index contributed by atoms with van der Waals surface area (Å²) >= 11 is 0. The van der Waals surface area contributed by atoms with Gasteiger partial charge in [-0.1, -0.05) is 200 Å². The Bertz CT molecular complexity index is 4390. The molecule has 0 bridgehead atoms. The Morgan fingerprint density at radius 1 is 0.284 bits per heavy atom. The van der Waals surface area contributed by atoms with Crippen molar-refractivity contribution in [3.05, 3.63) is 307 Å². The van der Waals surface area contributed by atoms with Crippen LogP contribution in [0.15, 0.2) is 285 Å². The zero-order chi connectivity index (χ0) is 48.7. The molecule has 14 aromatic rings. The van der Waals surface area contributed by atoms with E-state index in [1.54, 1.807) is 0 Å². The van der Waals surface area contributed by atoms with E-state index in [0.717, 1.165) is 28.4 Å². The van der Waals surface area contributed by atoms with Crippen LogP contribution in [0.5, 0.6) is 0 Å². The molecule has 2 heterocycles. The summed E-state index contributed by atoms with van der Waals surface area (Å²) in [6.45, 7) is 0. The van der Waals surface area contributed by atoms with Crippen LogP contribution in [0.3, 0.4) is 0 Å². The average Bonchev–Trinajstić information content (AvgIpc) is 4.15. The van der Waals surface area contributed by atoms with Crippen LogP contribution in [0.25, 0.3) is 88.0 Å². The Balaban J connectivity index is 0.934. The van der Waals surface area contributed by atoms with Crippen molar-refractivity contribution in [2.75, 3.05) is 4.90 Å². The molecule has 0 amide bonds. The van der Waals surface area contributed by atoms with Crippen LogP contribution in [0.4, 0.5) is 17.1 Å². The molecular weight excluding hydrogens is 895 g/mol. The summed E-state index contributed by atoms with van der Waals surface area (Å²) in [6.07, 6.45) is 0. The third-order valence-electron chi connectivity index (χ3n) is 15.7. The second-order valence-electron chi connectivity index (χ2n) is 19.6. The molecule has 0 saturated heterocycles. The van der Waals surface area contributed by atoms with Crippen molar-refractivity contribution in [1.29, 1.82) is 0 Å². The van der Waals surface area contributed by atoms with Gasteiger partial charge in [-0.3, -0.25) is 0 Å². The van der Waals surface area contributed by atoms with Gasteiger partial charge in [-0.05, 0) is 140 Å². The lowest BCUT2D eigenvalue weighted by atomic mass is 9.67. The Labute approximate surface area is 429 Å². The highest BCUT2D eigenvalue weighted by Crippen LogP contribution is 2.57. The van der Waals surface area contributed by atoms with Gasteiger partial charge in [-0.2, -0.15) is 0 Å². The third kappa shape index (κ3) is 6.27. The van der Waals surface area contributed by atoms with Gasteiger partial charge in [0, 0.05) is 50.0 Å². The molecule has 3 heteroatoms. The van der Waals surface area contributed by atoms with Crippen LogP contribution in [-0.4, -0.2) is 9.13 Å². The topological polar surface area (TPSA) is 13.1 Å². The molecule has 1 aliphatic carbocycles. The summed E-state index contributed by atoms with van der Waals surface area (Å²) in [5, 5.41) is 7.36. The summed E-state index contributed by atoms with van der Waals surface area (Å²) in [7, 11) is 0. The summed E-state index contributed by atoms with van der Waals surface area (Å²) < 4.78 is 4.81. The summed E-state index contributed by atoms with van der Waals surface area (Å²) in [6, 6.07) is 105. The van der Waals surface area contributed by atoms with Gasteiger partial charge in [0.05, 0.1) is 27.5 Å². The number of fused-ring (bicyclic) bond motifs is 10. The number of benzene rings is 12. The van der Waals surface area contributed by atoms with Crippen LogP contribution in [-0.2, 0) is 5.41 Å². The molecule has 346 valence electrons. The minimum Gasteiger partial charge on any atom is -0.310 e. The number of hydrogen-bond acceptors (Lipinski definition) is 1. The van der Waals surface area contributed by atoms with E-state index in [1.165, 1.54) is 98.9 Å². The van der Waals surface area contributed by atoms with E-state index < -0.39 is 5.41 Å². The predicted molar refractivity (Wildman–Crippen MR) is 310 cm³/mol. The van der Waals surface area contributed by atoms with Crippen molar-refractivity contribution in [2.45, 2.75) is 5.41 Å². The maximum absolute atomic E-state index is 2.47. The van der Waals surface area contributed by atoms with Gasteiger partial charge in [0.2, 0.25) is 0 Å². The number of rotatable bonds is 8. The van der Waals surface area contributed by atoms with Crippen molar-refractivity contribution in [3.63, 3.8) is 0 Å². The van der Waals surface area contributed by atoms with Crippen molar-refractivity contribution in [1.82, 2.24) is 9.13 Å². The molecule has 74 heavy (non-hydrogen) atoms. The van der Waals surface area contributed by atoms with Gasteiger partial charge in [-0.25, -0.2) is 0 Å². The molecule has 0 saturated carbocycles. The zero-order valence-corrected chi connectivity index (χ0v) is 40.5. The second-order valence-corrected chi connectivity index (χ2v) is 19.6. The first kappa shape index (κ1) is 42.0. The minimum atomic E-state index is -0.545. The van der Waals surface area contributed by atoms with Gasteiger partial charge in [0.25, 0.3) is 0 Å². The van der Waals surface area contributed by atoms with Gasteiger partial charge >= 0.3 is 0 Å². The second kappa shape index (κ2) is 16.7. The van der Waals surface area contributed by atoms with Crippen LogP contribution in [0.1, 0.15) is 22.3 Å². The smallest absolute Gasteiger partial charge is 0.0714 e. The molecule has 2 aromatic heterocycles. The molecule has 1 aliphatic rings. The molecule has 0 N–H and O–H groups in total. The number of aromatic nitrogens is 2. The normalized spacial score (nSPS) is 12.7. The van der Waals surface area contributed by atoms with Crippen LogP contribution < -0.4 is 4.90 Å².